The zero-order valence-corrected chi connectivity index (χ0v) is 15.0. The van der Waals surface area contributed by atoms with Gasteiger partial charge in [-0.15, -0.1) is 0 Å². The lowest BCUT2D eigenvalue weighted by atomic mass is 9.89. The number of carbonyl (C=O) groups excluding carboxylic acids is 1. The van der Waals surface area contributed by atoms with E-state index in [2.05, 4.69) is 0 Å². The van der Waals surface area contributed by atoms with Crippen LogP contribution in [0.4, 0.5) is 0 Å². The van der Waals surface area contributed by atoms with Gasteiger partial charge >= 0.3 is 0 Å². The van der Waals surface area contributed by atoms with Gasteiger partial charge in [0, 0.05) is 32.0 Å². The van der Waals surface area contributed by atoms with E-state index in [1.165, 1.54) is 18.4 Å². The molecule has 2 atom stereocenters. The Morgan fingerprint density at radius 1 is 0.958 bits per heavy atom. The molecule has 2 unspecified atom stereocenters. The van der Waals surface area contributed by atoms with Gasteiger partial charge in [0.1, 0.15) is 0 Å². The number of hydrogen-bond acceptors (Lipinski definition) is 3. The summed E-state index contributed by atoms with van der Waals surface area (Å²) in [5, 5.41) is -0.692. The third-order valence-electron chi connectivity index (χ3n) is 4.27. The first-order valence-electron chi connectivity index (χ1n) is 7.88. The second kappa shape index (κ2) is 7.73. The van der Waals surface area contributed by atoms with E-state index in [0.717, 1.165) is 5.56 Å². The van der Waals surface area contributed by atoms with Gasteiger partial charge in [-0.1, -0.05) is 60.7 Å². The molecular weight excluding hydrogens is 322 g/mol. The van der Waals surface area contributed by atoms with Gasteiger partial charge in [0.2, 0.25) is 10.0 Å². The van der Waals surface area contributed by atoms with Crippen molar-refractivity contribution in [3.05, 3.63) is 71.8 Å². The fourth-order valence-electron chi connectivity index (χ4n) is 2.74. The Morgan fingerprint density at radius 2 is 1.46 bits per heavy atom. The smallest absolute Gasteiger partial charge is 0.216 e. The standard InChI is InChI=1S/C19H23NO3S/c1-15(24(22,23)20(2)3)18(16-10-6-4-7-11-16)14-19(21)17-12-8-5-9-13-17/h4-13,15,18H,14H2,1-3H3. The molecule has 0 aliphatic carbocycles. The molecule has 0 saturated heterocycles. The molecule has 0 N–H and O–H groups in total. The van der Waals surface area contributed by atoms with Crippen molar-refractivity contribution in [2.75, 3.05) is 14.1 Å². The van der Waals surface area contributed by atoms with Crippen LogP contribution in [0.3, 0.4) is 0 Å². The maximum absolute atomic E-state index is 12.6. The molecule has 0 bridgehead atoms. The molecule has 0 amide bonds. The summed E-state index contributed by atoms with van der Waals surface area (Å²) in [6, 6.07) is 18.4. The fraction of sp³-hybridized carbons (Fsp3) is 0.316. The van der Waals surface area contributed by atoms with Gasteiger partial charge in [-0.3, -0.25) is 4.79 Å². The minimum Gasteiger partial charge on any atom is -0.294 e. The van der Waals surface area contributed by atoms with Crippen molar-refractivity contribution in [3.63, 3.8) is 0 Å². The molecule has 0 fully saturated rings. The van der Waals surface area contributed by atoms with Gasteiger partial charge in [0.25, 0.3) is 0 Å². The Bertz CT molecular complexity index is 771. The predicted octanol–water partition coefficient (Wildman–Crippen LogP) is 3.32. The van der Waals surface area contributed by atoms with Gasteiger partial charge in [-0.25, -0.2) is 12.7 Å². The number of nitrogens with zero attached hydrogens (tertiary/aromatic N) is 1. The molecule has 0 spiro atoms. The second-order valence-corrected chi connectivity index (χ2v) is 8.55. The van der Waals surface area contributed by atoms with Crippen LogP contribution in [0.5, 0.6) is 0 Å². The van der Waals surface area contributed by atoms with Crippen molar-refractivity contribution >= 4 is 15.8 Å². The lowest BCUT2D eigenvalue weighted by Crippen LogP contribution is -2.36. The number of carbonyl (C=O) groups is 1. The summed E-state index contributed by atoms with van der Waals surface area (Å²) in [6.45, 7) is 1.67. The first-order valence-corrected chi connectivity index (χ1v) is 9.39. The summed E-state index contributed by atoms with van der Waals surface area (Å²) < 4.78 is 26.4. The van der Waals surface area contributed by atoms with E-state index < -0.39 is 21.2 Å². The van der Waals surface area contributed by atoms with E-state index in [1.807, 2.05) is 48.5 Å². The van der Waals surface area contributed by atoms with Crippen LogP contribution in [0.1, 0.15) is 35.2 Å². The zero-order valence-electron chi connectivity index (χ0n) is 14.2. The minimum absolute atomic E-state index is 0.0507. The van der Waals surface area contributed by atoms with Gasteiger partial charge in [0.15, 0.2) is 5.78 Å². The first-order chi connectivity index (χ1) is 11.3. The lowest BCUT2D eigenvalue weighted by molar-refractivity contribution is 0.0973. The molecule has 0 aliphatic heterocycles. The van der Waals surface area contributed by atoms with E-state index in [-0.39, 0.29) is 12.2 Å². The van der Waals surface area contributed by atoms with Crippen LogP contribution >= 0.6 is 0 Å². The van der Waals surface area contributed by atoms with Crippen molar-refractivity contribution in [1.82, 2.24) is 4.31 Å². The Balaban J connectivity index is 2.36. The highest BCUT2D eigenvalue weighted by atomic mass is 32.2. The van der Waals surface area contributed by atoms with E-state index >= 15 is 0 Å². The molecule has 2 aromatic rings. The number of hydrogen-bond donors (Lipinski definition) is 0. The average molecular weight is 345 g/mol. The summed E-state index contributed by atoms with van der Waals surface area (Å²) in [5.74, 6) is -0.448. The first kappa shape index (κ1) is 18.4. The van der Waals surface area contributed by atoms with E-state index in [0.29, 0.717) is 5.56 Å². The number of ketones is 1. The molecule has 24 heavy (non-hydrogen) atoms. The topological polar surface area (TPSA) is 54.5 Å². The maximum atomic E-state index is 12.6. The zero-order chi connectivity index (χ0) is 17.7. The third-order valence-corrected chi connectivity index (χ3v) is 6.56. The summed E-state index contributed by atoms with van der Waals surface area (Å²) in [5.41, 5.74) is 1.47. The molecule has 4 nitrogen and oxygen atoms in total. The highest BCUT2D eigenvalue weighted by Gasteiger charge is 2.33. The quantitative estimate of drug-likeness (QED) is 0.723. The normalized spacial score (nSPS) is 14.3. The van der Waals surface area contributed by atoms with Crippen LogP contribution in [0.2, 0.25) is 0 Å². The molecule has 0 heterocycles. The summed E-state index contributed by atoms with van der Waals surface area (Å²) in [7, 11) is -0.429. The highest BCUT2D eigenvalue weighted by Crippen LogP contribution is 2.30. The summed E-state index contributed by atoms with van der Waals surface area (Å²) in [6.07, 6.45) is 0.155. The monoisotopic (exact) mass is 345 g/mol. The van der Waals surface area contributed by atoms with Gasteiger partial charge in [0.05, 0.1) is 5.25 Å². The molecular formula is C19H23NO3S. The average Bonchev–Trinajstić information content (AvgIpc) is 2.60. The van der Waals surface area contributed by atoms with Gasteiger partial charge in [-0.05, 0) is 12.5 Å². The number of Topliss-reactive ketones (excluding diaryl/α,β-unsaturated/α-hetero) is 1. The number of rotatable bonds is 7. The number of benzene rings is 2. The van der Waals surface area contributed by atoms with Crippen LogP contribution in [0, 0.1) is 0 Å². The van der Waals surface area contributed by atoms with Gasteiger partial charge < -0.3 is 0 Å². The van der Waals surface area contributed by atoms with Crippen molar-refractivity contribution in [1.29, 1.82) is 0 Å². The molecule has 2 rings (SSSR count). The highest BCUT2D eigenvalue weighted by molar-refractivity contribution is 7.89. The Morgan fingerprint density at radius 3 is 1.96 bits per heavy atom. The van der Waals surface area contributed by atoms with E-state index in [1.54, 1.807) is 19.1 Å². The summed E-state index contributed by atoms with van der Waals surface area (Å²) in [4.78, 5) is 12.6. The van der Waals surface area contributed by atoms with Gasteiger partial charge in [-0.2, -0.15) is 0 Å². The molecule has 2 aromatic carbocycles. The third kappa shape index (κ3) is 4.10. The van der Waals surface area contributed by atoms with Crippen LogP contribution in [-0.4, -0.2) is 37.9 Å². The van der Waals surface area contributed by atoms with Crippen molar-refractivity contribution in [3.8, 4) is 0 Å². The molecule has 5 heteroatoms. The Kier molecular flexibility index (Phi) is 5.91. The largest absolute Gasteiger partial charge is 0.294 e. The SMILES string of the molecule is CC(C(CC(=O)c1ccccc1)c1ccccc1)S(=O)(=O)N(C)C. The predicted molar refractivity (Wildman–Crippen MR) is 96.6 cm³/mol. The molecule has 128 valence electrons. The minimum atomic E-state index is -3.47. The molecule has 0 saturated carbocycles. The Hall–Kier alpha value is -1.98. The lowest BCUT2D eigenvalue weighted by Gasteiger charge is -2.26. The van der Waals surface area contributed by atoms with Crippen molar-refractivity contribution in [2.45, 2.75) is 24.5 Å². The van der Waals surface area contributed by atoms with E-state index in [9.17, 15) is 13.2 Å². The summed E-state index contributed by atoms with van der Waals surface area (Å²) >= 11 is 0. The maximum Gasteiger partial charge on any atom is 0.216 e. The fourth-order valence-corrected chi connectivity index (χ4v) is 4.07. The Labute approximate surface area is 144 Å². The van der Waals surface area contributed by atoms with Crippen LogP contribution in [0.25, 0.3) is 0 Å². The van der Waals surface area contributed by atoms with Crippen molar-refractivity contribution < 1.29 is 13.2 Å². The van der Waals surface area contributed by atoms with E-state index in [4.69, 9.17) is 0 Å². The van der Waals surface area contributed by atoms with Crippen LogP contribution in [-0.2, 0) is 10.0 Å². The second-order valence-electron chi connectivity index (χ2n) is 6.04. The van der Waals surface area contributed by atoms with Crippen molar-refractivity contribution in [2.24, 2.45) is 0 Å². The molecule has 0 radical (unpaired) electrons. The number of sulfonamides is 1. The molecule has 0 aromatic heterocycles. The van der Waals surface area contributed by atoms with Crippen LogP contribution < -0.4 is 0 Å². The van der Waals surface area contributed by atoms with Crippen LogP contribution in [0.15, 0.2) is 60.7 Å². The molecule has 0 aliphatic rings.